The topological polar surface area (TPSA) is 55.6 Å². The summed E-state index contributed by atoms with van der Waals surface area (Å²) in [5, 5.41) is 0. The maximum absolute atomic E-state index is 12.2. The second-order valence-electron chi connectivity index (χ2n) is 4.97. The zero-order valence-electron chi connectivity index (χ0n) is 11.6. The molecule has 106 valence electrons. The van der Waals surface area contributed by atoms with Crippen LogP contribution < -0.4 is 5.73 Å². The fourth-order valence-corrected chi connectivity index (χ4v) is 3.41. The van der Waals surface area contributed by atoms with Crippen molar-refractivity contribution in [3.63, 3.8) is 0 Å². The normalized spacial score (nSPS) is 20.9. The predicted octanol–water partition coefficient (Wildman–Crippen LogP) is 1.48. The third-order valence-electron chi connectivity index (χ3n) is 3.25. The average molecular weight is 274 g/mol. The molecule has 5 heteroatoms. The molecule has 0 aromatic heterocycles. The van der Waals surface area contributed by atoms with Crippen molar-refractivity contribution in [1.29, 1.82) is 0 Å². The Balaban J connectivity index is 2.39. The van der Waals surface area contributed by atoms with Crippen molar-refractivity contribution in [3.8, 4) is 0 Å². The van der Waals surface area contributed by atoms with E-state index in [-0.39, 0.29) is 11.9 Å². The molecule has 0 radical (unpaired) electrons. The molecule has 0 aromatic carbocycles. The molecular weight excluding hydrogens is 248 g/mol. The van der Waals surface area contributed by atoms with Crippen molar-refractivity contribution in [2.45, 2.75) is 44.7 Å². The second kappa shape index (κ2) is 8.77. The van der Waals surface area contributed by atoms with E-state index in [1.807, 2.05) is 23.6 Å². The Kier molecular flexibility index (Phi) is 7.70. The summed E-state index contributed by atoms with van der Waals surface area (Å²) in [5.74, 6) is 2.50. The van der Waals surface area contributed by atoms with Gasteiger partial charge >= 0.3 is 0 Å². The summed E-state index contributed by atoms with van der Waals surface area (Å²) >= 11 is 1.94. The van der Waals surface area contributed by atoms with E-state index >= 15 is 0 Å². The van der Waals surface area contributed by atoms with Gasteiger partial charge in [-0.3, -0.25) is 4.79 Å². The summed E-state index contributed by atoms with van der Waals surface area (Å²) in [4.78, 5) is 14.3. The molecule has 0 saturated carbocycles. The molecule has 1 aliphatic heterocycles. The third kappa shape index (κ3) is 5.59. The van der Waals surface area contributed by atoms with Crippen molar-refractivity contribution in [2.75, 3.05) is 31.8 Å². The maximum Gasteiger partial charge on any atom is 0.222 e. The number of hydrogen-bond donors (Lipinski definition) is 1. The number of thioether (sulfide) groups is 1. The van der Waals surface area contributed by atoms with E-state index in [0.717, 1.165) is 31.6 Å². The number of ether oxygens (including phenoxy) is 1. The van der Waals surface area contributed by atoms with Gasteiger partial charge in [0, 0.05) is 37.9 Å². The SMILES string of the molecule is COCCN(C(=O)CCCC(C)N)C1CCSC1. The fraction of sp³-hybridized carbons (Fsp3) is 0.923. The van der Waals surface area contributed by atoms with Gasteiger partial charge in [-0.05, 0) is 31.9 Å². The molecule has 0 aliphatic carbocycles. The second-order valence-corrected chi connectivity index (χ2v) is 6.12. The van der Waals surface area contributed by atoms with E-state index in [1.54, 1.807) is 7.11 Å². The highest BCUT2D eigenvalue weighted by Crippen LogP contribution is 2.23. The van der Waals surface area contributed by atoms with Gasteiger partial charge in [0.1, 0.15) is 0 Å². The lowest BCUT2D eigenvalue weighted by Gasteiger charge is -2.28. The molecule has 1 amide bonds. The predicted molar refractivity (Wildman–Crippen MR) is 76.8 cm³/mol. The number of carbonyl (C=O) groups excluding carboxylic acids is 1. The van der Waals surface area contributed by atoms with Crippen LogP contribution in [0.1, 0.15) is 32.6 Å². The largest absolute Gasteiger partial charge is 0.383 e. The van der Waals surface area contributed by atoms with Crippen LogP contribution in [0.2, 0.25) is 0 Å². The van der Waals surface area contributed by atoms with Gasteiger partial charge in [0.2, 0.25) is 5.91 Å². The fourth-order valence-electron chi connectivity index (χ4n) is 2.19. The van der Waals surface area contributed by atoms with Gasteiger partial charge in [0.15, 0.2) is 0 Å². The van der Waals surface area contributed by atoms with Gasteiger partial charge in [-0.2, -0.15) is 11.8 Å². The Bertz CT molecular complexity index is 243. The molecule has 0 spiro atoms. The van der Waals surface area contributed by atoms with Crippen LogP contribution in [0.3, 0.4) is 0 Å². The molecular formula is C13H26N2O2S. The van der Waals surface area contributed by atoms with Crippen LogP contribution in [0, 0.1) is 0 Å². The first-order valence-electron chi connectivity index (χ1n) is 6.77. The lowest BCUT2D eigenvalue weighted by atomic mass is 10.1. The minimum Gasteiger partial charge on any atom is -0.383 e. The number of rotatable bonds is 8. The first-order chi connectivity index (χ1) is 8.65. The molecule has 2 unspecified atom stereocenters. The van der Waals surface area contributed by atoms with Crippen LogP contribution in [0.15, 0.2) is 0 Å². The quantitative estimate of drug-likeness (QED) is 0.728. The number of carbonyl (C=O) groups is 1. The van der Waals surface area contributed by atoms with Gasteiger partial charge in [-0.15, -0.1) is 0 Å². The Hall–Kier alpha value is -0.260. The van der Waals surface area contributed by atoms with Crippen molar-refractivity contribution in [2.24, 2.45) is 5.73 Å². The van der Waals surface area contributed by atoms with Crippen LogP contribution in [0.4, 0.5) is 0 Å². The third-order valence-corrected chi connectivity index (χ3v) is 4.40. The number of methoxy groups -OCH3 is 1. The Morgan fingerprint density at radius 2 is 2.39 bits per heavy atom. The Labute approximate surface area is 115 Å². The number of amides is 1. The lowest BCUT2D eigenvalue weighted by molar-refractivity contribution is -0.133. The van der Waals surface area contributed by atoms with Crippen molar-refractivity contribution < 1.29 is 9.53 Å². The van der Waals surface area contributed by atoms with E-state index in [9.17, 15) is 4.79 Å². The summed E-state index contributed by atoms with van der Waals surface area (Å²) in [6, 6.07) is 0.597. The van der Waals surface area contributed by atoms with Gasteiger partial charge in [0.05, 0.1) is 6.61 Å². The first-order valence-corrected chi connectivity index (χ1v) is 7.92. The Morgan fingerprint density at radius 1 is 1.61 bits per heavy atom. The molecule has 0 bridgehead atoms. The molecule has 1 fully saturated rings. The van der Waals surface area contributed by atoms with Crippen LogP contribution in [-0.2, 0) is 9.53 Å². The summed E-state index contributed by atoms with van der Waals surface area (Å²) in [6.07, 6.45) is 3.54. The van der Waals surface area contributed by atoms with Gasteiger partial charge < -0.3 is 15.4 Å². The molecule has 1 rings (SSSR count). The highest BCUT2D eigenvalue weighted by Gasteiger charge is 2.26. The molecule has 0 aromatic rings. The minimum atomic E-state index is 0.187. The van der Waals surface area contributed by atoms with E-state index < -0.39 is 0 Å². The summed E-state index contributed by atoms with van der Waals surface area (Å²) < 4.78 is 5.10. The zero-order chi connectivity index (χ0) is 13.4. The standard InChI is InChI=1S/C13H26N2O2S/c1-11(14)4-3-5-13(16)15(7-8-17-2)12-6-9-18-10-12/h11-12H,3-10,14H2,1-2H3. The van der Waals surface area contributed by atoms with Crippen LogP contribution in [0.25, 0.3) is 0 Å². The molecule has 2 N–H and O–H groups in total. The van der Waals surface area contributed by atoms with Crippen LogP contribution in [-0.4, -0.2) is 54.7 Å². The summed E-state index contributed by atoms with van der Waals surface area (Å²) in [5.41, 5.74) is 5.71. The summed E-state index contributed by atoms with van der Waals surface area (Å²) in [6.45, 7) is 3.33. The van der Waals surface area contributed by atoms with Crippen molar-refractivity contribution in [1.82, 2.24) is 4.90 Å². The van der Waals surface area contributed by atoms with Crippen molar-refractivity contribution in [3.05, 3.63) is 0 Å². The number of hydrogen-bond acceptors (Lipinski definition) is 4. The maximum atomic E-state index is 12.2. The first kappa shape index (κ1) is 15.8. The van der Waals surface area contributed by atoms with E-state index in [2.05, 4.69) is 0 Å². The molecule has 1 saturated heterocycles. The molecule has 18 heavy (non-hydrogen) atoms. The van der Waals surface area contributed by atoms with Crippen LogP contribution in [0.5, 0.6) is 0 Å². The monoisotopic (exact) mass is 274 g/mol. The van der Waals surface area contributed by atoms with Gasteiger partial charge in [-0.25, -0.2) is 0 Å². The van der Waals surface area contributed by atoms with Gasteiger partial charge in [0.25, 0.3) is 0 Å². The molecule has 1 aliphatic rings. The summed E-state index contributed by atoms with van der Waals surface area (Å²) in [7, 11) is 1.68. The smallest absolute Gasteiger partial charge is 0.222 e. The van der Waals surface area contributed by atoms with E-state index in [4.69, 9.17) is 10.5 Å². The van der Waals surface area contributed by atoms with E-state index in [1.165, 1.54) is 5.75 Å². The molecule has 2 atom stereocenters. The lowest BCUT2D eigenvalue weighted by Crippen LogP contribution is -2.42. The molecule has 4 nitrogen and oxygen atoms in total. The number of nitrogens with two attached hydrogens (primary N) is 1. The number of nitrogens with zero attached hydrogens (tertiary/aromatic N) is 1. The minimum absolute atomic E-state index is 0.187. The zero-order valence-corrected chi connectivity index (χ0v) is 12.4. The average Bonchev–Trinajstić information content (AvgIpc) is 2.82. The molecule has 1 heterocycles. The van der Waals surface area contributed by atoms with Crippen molar-refractivity contribution >= 4 is 17.7 Å². The van der Waals surface area contributed by atoms with E-state index in [0.29, 0.717) is 19.1 Å². The Morgan fingerprint density at radius 3 is 2.94 bits per heavy atom. The highest BCUT2D eigenvalue weighted by atomic mass is 32.2. The van der Waals surface area contributed by atoms with Crippen LogP contribution >= 0.6 is 11.8 Å². The van der Waals surface area contributed by atoms with Gasteiger partial charge in [-0.1, -0.05) is 0 Å². The highest BCUT2D eigenvalue weighted by molar-refractivity contribution is 7.99.